The number of oxime groups is 1. The lowest BCUT2D eigenvalue weighted by Crippen LogP contribution is -2.15. The number of nitriles is 1. The minimum absolute atomic E-state index is 0.256. The summed E-state index contributed by atoms with van der Waals surface area (Å²) in [5.74, 6) is 1.47. The summed E-state index contributed by atoms with van der Waals surface area (Å²) in [6, 6.07) is 15.1. The molecule has 116 valence electrons. The van der Waals surface area contributed by atoms with Crippen LogP contribution in [0.2, 0.25) is 0 Å². The molecule has 2 aromatic carbocycles. The summed E-state index contributed by atoms with van der Waals surface area (Å²) in [4.78, 5) is 5.39. The Morgan fingerprint density at radius 1 is 1.17 bits per heavy atom. The van der Waals surface area contributed by atoms with Crippen LogP contribution < -0.4 is 9.47 Å². The van der Waals surface area contributed by atoms with Crippen LogP contribution in [0.15, 0.2) is 47.6 Å². The van der Waals surface area contributed by atoms with Crippen molar-refractivity contribution in [3.8, 4) is 17.6 Å². The third kappa shape index (κ3) is 3.43. The number of nitrogens with zero attached hydrogens (tertiary/aromatic N) is 2. The van der Waals surface area contributed by atoms with E-state index in [2.05, 4.69) is 11.2 Å². The van der Waals surface area contributed by atoms with Gasteiger partial charge in [-0.25, -0.2) is 0 Å². The molecule has 5 heteroatoms. The van der Waals surface area contributed by atoms with Gasteiger partial charge in [-0.05, 0) is 31.2 Å². The second-order valence-corrected chi connectivity index (χ2v) is 5.08. The van der Waals surface area contributed by atoms with Crippen molar-refractivity contribution < 1.29 is 14.3 Å². The van der Waals surface area contributed by atoms with Gasteiger partial charge in [-0.15, -0.1) is 0 Å². The smallest absolute Gasteiger partial charge is 0.162 e. The highest BCUT2D eigenvalue weighted by Crippen LogP contribution is 2.30. The maximum Gasteiger partial charge on any atom is 0.162 e. The fraction of sp³-hybridized carbons (Fsp3) is 0.222. The Labute approximate surface area is 134 Å². The molecule has 0 amide bonds. The lowest BCUT2D eigenvalue weighted by molar-refractivity contribution is 0.130. The van der Waals surface area contributed by atoms with Gasteiger partial charge in [-0.1, -0.05) is 23.4 Å². The van der Waals surface area contributed by atoms with Crippen molar-refractivity contribution in [1.29, 1.82) is 5.26 Å². The molecule has 0 unspecified atom stereocenters. The van der Waals surface area contributed by atoms with Crippen LogP contribution in [0.25, 0.3) is 0 Å². The van der Waals surface area contributed by atoms with Crippen LogP contribution >= 0.6 is 0 Å². The minimum Gasteiger partial charge on any atom is -0.486 e. The predicted octanol–water partition coefficient (Wildman–Crippen LogP) is 3.27. The fourth-order valence-electron chi connectivity index (χ4n) is 2.27. The monoisotopic (exact) mass is 308 g/mol. The number of fused-ring (bicyclic) bond motifs is 1. The Morgan fingerprint density at radius 2 is 1.96 bits per heavy atom. The topological polar surface area (TPSA) is 63.8 Å². The maximum atomic E-state index is 9.05. The molecule has 5 nitrogen and oxygen atoms in total. The highest BCUT2D eigenvalue weighted by Gasteiger charge is 2.12. The molecule has 0 spiro atoms. The molecular formula is C18H16N2O3. The van der Waals surface area contributed by atoms with Crippen LogP contribution in [-0.4, -0.2) is 18.9 Å². The molecule has 0 bridgehead atoms. The molecule has 0 radical (unpaired) electrons. The molecule has 0 aliphatic carbocycles. The van der Waals surface area contributed by atoms with Crippen LogP contribution in [0.5, 0.6) is 11.5 Å². The number of hydrogen-bond acceptors (Lipinski definition) is 5. The third-order valence-electron chi connectivity index (χ3n) is 3.52. The summed E-state index contributed by atoms with van der Waals surface area (Å²) in [6.45, 7) is 3.24. The fourth-order valence-corrected chi connectivity index (χ4v) is 2.27. The Balaban J connectivity index is 1.69. The molecule has 23 heavy (non-hydrogen) atoms. The Bertz CT molecular complexity index is 778. The second-order valence-electron chi connectivity index (χ2n) is 5.08. The van der Waals surface area contributed by atoms with Crippen molar-refractivity contribution >= 4 is 5.71 Å². The zero-order chi connectivity index (χ0) is 16.1. The van der Waals surface area contributed by atoms with E-state index in [1.807, 2.05) is 43.3 Å². The highest BCUT2D eigenvalue weighted by molar-refractivity contribution is 5.98. The summed E-state index contributed by atoms with van der Waals surface area (Å²) in [5.41, 5.74) is 3.05. The normalized spacial score (nSPS) is 13.3. The molecule has 0 fully saturated rings. The van der Waals surface area contributed by atoms with E-state index < -0.39 is 0 Å². The Morgan fingerprint density at radius 3 is 2.78 bits per heavy atom. The van der Waals surface area contributed by atoms with E-state index >= 15 is 0 Å². The van der Waals surface area contributed by atoms with Gasteiger partial charge in [0.15, 0.2) is 11.5 Å². The molecule has 0 N–H and O–H groups in total. The second kappa shape index (κ2) is 6.84. The van der Waals surface area contributed by atoms with E-state index in [-0.39, 0.29) is 6.61 Å². The minimum atomic E-state index is 0.256. The molecule has 0 saturated carbocycles. The van der Waals surface area contributed by atoms with Crippen LogP contribution in [0.4, 0.5) is 0 Å². The Kier molecular flexibility index (Phi) is 4.44. The van der Waals surface area contributed by atoms with Crippen molar-refractivity contribution in [2.45, 2.75) is 13.5 Å². The van der Waals surface area contributed by atoms with Crippen molar-refractivity contribution in [1.82, 2.24) is 0 Å². The summed E-state index contributed by atoms with van der Waals surface area (Å²) in [6.07, 6.45) is 0. The zero-order valence-electron chi connectivity index (χ0n) is 12.8. The van der Waals surface area contributed by atoms with E-state index in [1.54, 1.807) is 6.07 Å². The molecule has 0 aromatic heterocycles. The van der Waals surface area contributed by atoms with Crippen molar-refractivity contribution in [2.24, 2.45) is 5.16 Å². The Hall–Kier alpha value is -3.00. The SMILES string of the molecule is C/C(=N/OCc1ccccc1C#N)c1ccc2c(c1)OCCO2. The van der Waals surface area contributed by atoms with Gasteiger partial charge in [0.05, 0.1) is 17.3 Å². The largest absolute Gasteiger partial charge is 0.486 e. The average molecular weight is 308 g/mol. The van der Waals surface area contributed by atoms with E-state index in [0.29, 0.717) is 18.8 Å². The van der Waals surface area contributed by atoms with Crippen molar-refractivity contribution in [3.05, 3.63) is 59.2 Å². The van der Waals surface area contributed by atoms with Gasteiger partial charge < -0.3 is 14.3 Å². The summed E-state index contributed by atoms with van der Waals surface area (Å²) in [5, 5.41) is 13.2. The highest BCUT2D eigenvalue weighted by atomic mass is 16.6. The molecule has 1 aliphatic heterocycles. The molecule has 0 saturated heterocycles. The van der Waals surface area contributed by atoms with Crippen molar-refractivity contribution in [3.63, 3.8) is 0 Å². The molecule has 3 rings (SSSR count). The standard InChI is InChI=1S/C18H16N2O3/c1-13(14-6-7-17-18(10-14)22-9-8-21-17)20-23-12-16-5-3-2-4-15(16)11-19/h2-7,10H,8-9,12H2,1H3/b20-13-. The van der Waals surface area contributed by atoms with Crippen LogP contribution in [0, 0.1) is 11.3 Å². The number of rotatable bonds is 4. The first-order valence-corrected chi connectivity index (χ1v) is 7.32. The van der Waals surface area contributed by atoms with Crippen molar-refractivity contribution in [2.75, 3.05) is 13.2 Å². The van der Waals surface area contributed by atoms with Gasteiger partial charge in [-0.3, -0.25) is 0 Å². The zero-order valence-corrected chi connectivity index (χ0v) is 12.8. The van der Waals surface area contributed by atoms with Crippen LogP contribution in [-0.2, 0) is 11.4 Å². The van der Waals surface area contributed by atoms with Gasteiger partial charge >= 0.3 is 0 Å². The van der Waals surface area contributed by atoms with Gasteiger partial charge in [-0.2, -0.15) is 5.26 Å². The van der Waals surface area contributed by atoms with Gasteiger partial charge in [0.25, 0.3) is 0 Å². The lowest BCUT2D eigenvalue weighted by Gasteiger charge is -2.18. The first-order valence-electron chi connectivity index (χ1n) is 7.32. The first-order chi connectivity index (χ1) is 11.3. The molecule has 0 atom stereocenters. The van der Waals surface area contributed by atoms with Crippen LogP contribution in [0.3, 0.4) is 0 Å². The molecular weight excluding hydrogens is 292 g/mol. The van der Waals surface area contributed by atoms with Gasteiger partial charge in [0, 0.05) is 11.1 Å². The van der Waals surface area contributed by atoms with Gasteiger partial charge in [0.1, 0.15) is 19.8 Å². The predicted molar refractivity (Wildman–Crippen MR) is 85.6 cm³/mol. The summed E-state index contributed by atoms with van der Waals surface area (Å²) < 4.78 is 11.1. The van der Waals surface area contributed by atoms with E-state index in [1.165, 1.54) is 0 Å². The quantitative estimate of drug-likeness (QED) is 0.642. The lowest BCUT2D eigenvalue weighted by atomic mass is 10.1. The number of ether oxygens (including phenoxy) is 2. The molecule has 1 aliphatic rings. The van der Waals surface area contributed by atoms with Crippen LogP contribution in [0.1, 0.15) is 23.6 Å². The van der Waals surface area contributed by atoms with E-state index in [0.717, 1.165) is 28.3 Å². The van der Waals surface area contributed by atoms with E-state index in [4.69, 9.17) is 19.6 Å². The van der Waals surface area contributed by atoms with E-state index in [9.17, 15) is 0 Å². The molecule has 1 heterocycles. The number of hydrogen-bond donors (Lipinski definition) is 0. The third-order valence-corrected chi connectivity index (χ3v) is 3.52. The summed E-state index contributed by atoms with van der Waals surface area (Å²) >= 11 is 0. The average Bonchev–Trinajstić information content (AvgIpc) is 2.61. The summed E-state index contributed by atoms with van der Waals surface area (Å²) in [7, 11) is 0. The number of benzene rings is 2. The first kappa shape index (κ1) is 14.9. The maximum absolute atomic E-state index is 9.05. The van der Waals surface area contributed by atoms with Gasteiger partial charge in [0.2, 0.25) is 0 Å². The molecule has 2 aromatic rings.